The second-order valence-electron chi connectivity index (χ2n) is 6.69. The Labute approximate surface area is 160 Å². The zero-order valence-electron chi connectivity index (χ0n) is 17.1. The average molecular weight is 369 g/mol. The van der Waals surface area contributed by atoms with Gasteiger partial charge in [0.2, 0.25) is 0 Å². The SMILES string of the molecule is CCOC(=O)CCCCCCC/C=C\CCCCCCCC(=O)OCC. The van der Waals surface area contributed by atoms with E-state index in [4.69, 9.17) is 9.47 Å². The molecule has 0 amide bonds. The van der Waals surface area contributed by atoms with Crippen LogP contribution in [-0.2, 0) is 19.1 Å². The minimum absolute atomic E-state index is 0.0607. The van der Waals surface area contributed by atoms with Crippen molar-refractivity contribution in [3.63, 3.8) is 0 Å². The molecule has 0 aliphatic carbocycles. The molecule has 0 spiro atoms. The maximum Gasteiger partial charge on any atom is 0.305 e. The zero-order valence-corrected chi connectivity index (χ0v) is 17.1. The Kier molecular flexibility index (Phi) is 19.0. The van der Waals surface area contributed by atoms with Crippen LogP contribution in [0.1, 0.15) is 104 Å². The summed E-state index contributed by atoms with van der Waals surface area (Å²) in [6, 6.07) is 0. The van der Waals surface area contributed by atoms with Gasteiger partial charge < -0.3 is 9.47 Å². The molecule has 0 aliphatic heterocycles. The van der Waals surface area contributed by atoms with E-state index in [-0.39, 0.29) is 11.9 Å². The first-order valence-corrected chi connectivity index (χ1v) is 10.7. The second kappa shape index (κ2) is 20.0. The first-order valence-electron chi connectivity index (χ1n) is 10.7. The number of rotatable bonds is 18. The molecule has 0 unspecified atom stereocenters. The van der Waals surface area contributed by atoms with E-state index in [0.717, 1.165) is 38.5 Å². The quantitative estimate of drug-likeness (QED) is 0.166. The molecule has 0 radical (unpaired) electrons. The first-order chi connectivity index (χ1) is 12.7. The van der Waals surface area contributed by atoms with Crippen LogP contribution in [0, 0.1) is 0 Å². The molecular formula is C22H40O4. The third kappa shape index (κ3) is 19.0. The molecule has 0 heterocycles. The molecule has 0 bridgehead atoms. The summed E-state index contributed by atoms with van der Waals surface area (Å²) in [6.45, 7) is 4.67. The summed E-state index contributed by atoms with van der Waals surface area (Å²) in [6.07, 6.45) is 19.6. The van der Waals surface area contributed by atoms with Crippen LogP contribution in [0.2, 0.25) is 0 Å². The number of esters is 2. The van der Waals surface area contributed by atoms with Gasteiger partial charge in [0.05, 0.1) is 13.2 Å². The molecular weight excluding hydrogens is 328 g/mol. The second-order valence-corrected chi connectivity index (χ2v) is 6.69. The minimum atomic E-state index is -0.0607. The number of carbonyl (C=O) groups excluding carboxylic acids is 2. The van der Waals surface area contributed by atoms with Crippen molar-refractivity contribution in [3.8, 4) is 0 Å². The smallest absolute Gasteiger partial charge is 0.305 e. The van der Waals surface area contributed by atoms with Crippen LogP contribution < -0.4 is 0 Å². The molecule has 0 aromatic heterocycles. The molecule has 4 heteroatoms. The van der Waals surface area contributed by atoms with Gasteiger partial charge in [-0.1, -0.05) is 50.7 Å². The van der Waals surface area contributed by atoms with Crippen LogP contribution in [0.4, 0.5) is 0 Å². The summed E-state index contributed by atoms with van der Waals surface area (Å²) in [4.78, 5) is 22.4. The summed E-state index contributed by atoms with van der Waals surface area (Å²) in [5.41, 5.74) is 0. The lowest BCUT2D eigenvalue weighted by molar-refractivity contribution is -0.144. The molecule has 0 atom stereocenters. The van der Waals surface area contributed by atoms with Crippen LogP contribution in [0.25, 0.3) is 0 Å². The van der Waals surface area contributed by atoms with E-state index >= 15 is 0 Å². The summed E-state index contributed by atoms with van der Waals surface area (Å²) in [7, 11) is 0. The maximum absolute atomic E-state index is 11.2. The Hall–Kier alpha value is -1.32. The third-order valence-electron chi connectivity index (χ3n) is 4.28. The number of hydrogen-bond acceptors (Lipinski definition) is 4. The molecule has 152 valence electrons. The Morgan fingerprint density at radius 1 is 0.577 bits per heavy atom. The highest BCUT2D eigenvalue weighted by Gasteiger charge is 2.01. The highest BCUT2D eigenvalue weighted by Crippen LogP contribution is 2.10. The van der Waals surface area contributed by atoms with Crippen molar-refractivity contribution >= 4 is 11.9 Å². The highest BCUT2D eigenvalue weighted by molar-refractivity contribution is 5.69. The van der Waals surface area contributed by atoms with Gasteiger partial charge in [0.1, 0.15) is 0 Å². The van der Waals surface area contributed by atoms with Crippen molar-refractivity contribution in [2.75, 3.05) is 13.2 Å². The van der Waals surface area contributed by atoms with Crippen LogP contribution >= 0.6 is 0 Å². The zero-order chi connectivity index (χ0) is 19.3. The summed E-state index contributed by atoms with van der Waals surface area (Å²) < 4.78 is 9.83. The predicted molar refractivity (Wildman–Crippen MR) is 107 cm³/mol. The number of ether oxygens (including phenoxy) is 2. The van der Waals surface area contributed by atoms with Crippen LogP contribution in [0.15, 0.2) is 12.2 Å². The molecule has 0 aromatic rings. The van der Waals surface area contributed by atoms with Gasteiger partial charge in [-0.15, -0.1) is 0 Å². The monoisotopic (exact) mass is 368 g/mol. The summed E-state index contributed by atoms with van der Waals surface area (Å²) >= 11 is 0. The van der Waals surface area contributed by atoms with Crippen molar-refractivity contribution < 1.29 is 19.1 Å². The van der Waals surface area contributed by atoms with E-state index in [0.29, 0.717) is 26.1 Å². The Morgan fingerprint density at radius 3 is 1.31 bits per heavy atom. The fourth-order valence-corrected chi connectivity index (χ4v) is 2.83. The molecule has 0 saturated carbocycles. The highest BCUT2D eigenvalue weighted by atomic mass is 16.5. The Morgan fingerprint density at radius 2 is 0.923 bits per heavy atom. The molecule has 0 fully saturated rings. The van der Waals surface area contributed by atoms with Crippen molar-refractivity contribution in [1.29, 1.82) is 0 Å². The van der Waals surface area contributed by atoms with Gasteiger partial charge in [-0.3, -0.25) is 9.59 Å². The molecule has 0 saturated heterocycles. The minimum Gasteiger partial charge on any atom is -0.466 e. The predicted octanol–water partition coefficient (Wildman–Crippen LogP) is 6.13. The number of carbonyl (C=O) groups is 2. The van der Waals surface area contributed by atoms with Gasteiger partial charge in [-0.2, -0.15) is 0 Å². The van der Waals surface area contributed by atoms with Gasteiger partial charge in [-0.05, 0) is 52.4 Å². The topological polar surface area (TPSA) is 52.6 Å². The van der Waals surface area contributed by atoms with Gasteiger partial charge in [0, 0.05) is 12.8 Å². The largest absolute Gasteiger partial charge is 0.466 e. The normalized spacial score (nSPS) is 11.0. The Balaban J connectivity index is 3.20. The van der Waals surface area contributed by atoms with Crippen LogP contribution in [-0.4, -0.2) is 25.2 Å². The summed E-state index contributed by atoms with van der Waals surface area (Å²) in [5, 5.41) is 0. The van der Waals surface area contributed by atoms with E-state index < -0.39 is 0 Å². The fourth-order valence-electron chi connectivity index (χ4n) is 2.83. The van der Waals surface area contributed by atoms with Crippen LogP contribution in [0.3, 0.4) is 0 Å². The van der Waals surface area contributed by atoms with Crippen molar-refractivity contribution in [2.24, 2.45) is 0 Å². The number of hydrogen-bond donors (Lipinski definition) is 0. The van der Waals surface area contributed by atoms with E-state index in [1.807, 2.05) is 13.8 Å². The first kappa shape index (κ1) is 24.7. The van der Waals surface area contributed by atoms with Crippen molar-refractivity contribution in [3.05, 3.63) is 12.2 Å². The van der Waals surface area contributed by atoms with E-state index in [9.17, 15) is 9.59 Å². The Bertz CT molecular complexity index is 329. The third-order valence-corrected chi connectivity index (χ3v) is 4.28. The van der Waals surface area contributed by atoms with Crippen molar-refractivity contribution in [2.45, 2.75) is 104 Å². The molecule has 0 aliphatic rings. The standard InChI is InChI=1S/C22H40O4/c1-3-25-21(23)19-17-15-13-11-9-7-5-6-8-10-12-14-16-18-20-22(24)26-4-2/h5-6H,3-4,7-20H2,1-2H3/b6-5-. The lowest BCUT2D eigenvalue weighted by atomic mass is 10.1. The van der Waals surface area contributed by atoms with Crippen LogP contribution in [0.5, 0.6) is 0 Å². The maximum atomic E-state index is 11.2. The van der Waals surface area contributed by atoms with Gasteiger partial charge in [-0.25, -0.2) is 0 Å². The van der Waals surface area contributed by atoms with E-state index in [1.54, 1.807) is 0 Å². The molecule has 0 aromatic carbocycles. The molecule has 4 nitrogen and oxygen atoms in total. The van der Waals surface area contributed by atoms with Gasteiger partial charge in [0.25, 0.3) is 0 Å². The number of unbranched alkanes of at least 4 members (excludes halogenated alkanes) is 10. The lowest BCUT2D eigenvalue weighted by Gasteiger charge is -2.02. The fraction of sp³-hybridized carbons (Fsp3) is 0.818. The van der Waals surface area contributed by atoms with Gasteiger partial charge in [0.15, 0.2) is 0 Å². The van der Waals surface area contributed by atoms with E-state index in [1.165, 1.54) is 38.5 Å². The summed E-state index contributed by atoms with van der Waals surface area (Å²) in [5.74, 6) is -0.121. The van der Waals surface area contributed by atoms with E-state index in [2.05, 4.69) is 12.2 Å². The molecule has 0 rings (SSSR count). The number of allylic oxidation sites excluding steroid dienone is 2. The van der Waals surface area contributed by atoms with Gasteiger partial charge >= 0.3 is 11.9 Å². The molecule has 26 heavy (non-hydrogen) atoms. The average Bonchev–Trinajstić information content (AvgIpc) is 2.61. The van der Waals surface area contributed by atoms with Crippen molar-refractivity contribution in [1.82, 2.24) is 0 Å². The lowest BCUT2D eigenvalue weighted by Crippen LogP contribution is -2.03. The molecule has 0 N–H and O–H groups in total.